The minimum atomic E-state index is -0.788. The zero-order chi connectivity index (χ0) is 22.3. The van der Waals surface area contributed by atoms with Gasteiger partial charge in [0.25, 0.3) is 11.8 Å². The van der Waals surface area contributed by atoms with Crippen LogP contribution in [0, 0.1) is 13.8 Å². The summed E-state index contributed by atoms with van der Waals surface area (Å²) in [5.41, 5.74) is 3.44. The van der Waals surface area contributed by atoms with E-state index in [0.29, 0.717) is 11.3 Å². The van der Waals surface area contributed by atoms with Gasteiger partial charge in [-0.15, -0.1) is 0 Å². The lowest BCUT2D eigenvalue weighted by atomic mass is 10.1. The van der Waals surface area contributed by atoms with Gasteiger partial charge in [-0.25, -0.2) is 9.69 Å². The minimum absolute atomic E-state index is 0.131. The number of aromatic nitrogens is 1. The van der Waals surface area contributed by atoms with Gasteiger partial charge in [0, 0.05) is 21.5 Å². The van der Waals surface area contributed by atoms with Crippen molar-refractivity contribution in [3.05, 3.63) is 81.6 Å². The Labute approximate surface area is 186 Å². The van der Waals surface area contributed by atoms with Crippen LogP contribution in [-0.4, -0.2) is 27.5 Å². The molecule has 7 nitrogen and oxygen atoms in total. The van der Waals surface area contributed by atoms with Crippen LogP contribution in [0.5, 0.6) is 5.75 Å². The molecular formula is C23H18BrN3O4. The van der Waals surface area contributed by atoms with Crippen molar-refractivity contribution >= 4 is 45.5 Å². The zero-order valence-corrected chi connectivity index (χ0v) is 18.3. The molecular weight excluding hydrogens is 462 g/mol. The predicted molar refractivity (Wildman–Crippen MR) is 120 cm³/mol. The maximum Gasteiger partial charge on any atom is 0.335 e. The van der Waals surface area contributed by atoms with Gasteiger partial charge < -0.3 is 9.67 Å². The van der Waals surface area contributed by atoms with Crippen molar-refractivity contribution in [2.75, 3.05) is 4.90 Å². The Morgan fingerprint density at radius 1 is 0.935 bits per heavy atom. The molecule has 1 aliphatic rings. The number of urea groups is 1. The fourth-order valence-electron chi connectivity index (χ4n) is 3.57. The van der Waals surface area contributed by atoms with E-state index < -0.39 is 17.8 Å². The van der Waals surface area contributed by atoms with Crippen LogP contribution in [0.4, 0.5) is 10.5 Å². The van der Waals surface area contributed by atoms with E-state index in [9.17, 15) is 19.5 Å². The molecule has 8 heteroatoms. The Morgan fingerprint density at radius 2 is 1.55 bits per heavy atom. The highest BCUT2D eigenvalue weighted by Gasteiger charge is 2.37. The van der Waals surface area contributed by atoms with Gasteiger partial charge >= 0.3 is 6.03 Å². The number of nitrogens with zero attached hydrogens (tertiary/aromatic N) is 2. The molecule has 4 amide bonds. The van der Waals surface area contributed by atoms with Crippen molar-refractivity contribution in [3.63, 3.8) is 0 Å². The average Bonchev–Trinajstić information content (AvgIpc) is 3.00. The van der Waals surface area contributed by atoms with Crippen molar-refractivity contribution in [1.82, 2.24) is 9.88 Å². The maximum absolute atomic E-state index is 13.1. The summed E-state index contributed by atoms with van der Waals surface area (Å²) < 4.78 is 2.75. The molecule has 0 unspecified atom stereocenters. The lowest BCUT2D eigenvalue weighted by molar-refractivity contribution is -0.122. The molecule has 2 aromatic carbocycles. The number of nitrogens with one attached hydrogen (secondary N) is 1. The number of benzene rings is 2. The van der Waals surface area contributed by atoms with Gasteiger partial charge in [0.2, 0.25) is 0 Å². The highest BCUT2D eigenvalue weighted by Crippen LogP contribution is 2.27. The van der Waals surface area contributed by atoms with E-state index in [1.165, 1.54) is 6.08 Å². The summed E-state index contributed by atoms with van der Waals surface area (Å²) in [7, 11) is 0. The number of hydrogen-bond donors (Lipinski definition) is 2. The molecule has 0 radical (unpaired) electrons. The highest BCUT2D eigenvalue weighted by molar-refractivity contribution is 9.10. The predicted octanol–water partition coefficient (Wildman–Crippen LogP) is 4.23. The number of phenols is 1. The number of aryl methyl sites for hydroxylation is 1. The van der Waals surface area contributed by atoms with Crippen molar-refractivity contribution in [2.45, 2.75) is 13.8 Å². The Morgan fingerprint density at radius 3 is 2.19 bits per heavy atom. The first-order valence-electron chi connectivity index (χ1n) is 9.41. The summed E-state index contributed by atoms with van der Waals surface area (Å²) in [5, 5.41) is 11.8. The van der Waals surface area contributed by atoms with E-state index in [1.54, 1.807) is 48.5 Å². The molecule has 0 atom stereocenters. The van der Waals surface area contributed by atoms with Crippen LogP contribution < -0.4 is 10.2 Å². The number of phenolic OH excluding ortho intramolecular Hbond substituents is 1. The summed E-state index contributed by atoms with van der Waals surface area (Å²) >= 11 is 3.32. The van der Waals surface area contributed by atoms with E-state index in [-0.39, 0.29) is 11.3 Å². The van der Waals surface area contributed by atoms with Crippen LogP contribution in [0.2, 0.25) is 0 Å². The number of imide groups is 2. The number of barbiturate groups is 1. The van der Waals surface area contributed by atoms with Gasteiger partial charge in [-0.3, -0.25) is 14.9 Å². The molecule has 31 heavy (non-hydrogen) atoms. The summed E-state index contributed by atoms with van der Waals surface area (Å²) in [5.74, 6) is -1.26. The summed E-state index contributed by atoms with van der Waals surface area (Å²) in [6, 6.07) is 14.5. The summed E-state index contributed by atoms with van der Waals surface area (Å²) in [6.07, 6.45) is 1.50. The van der Waals surface area contributed by atoms with Gasteiger partial charge in [0.1, 0.15) is 11.3 Å². The molecule has 0 aliphatic carbocycles. The number of aromatic hydroxyl groups is 1. The normalized spacial score (nSPS) is 15.5. The second kappa shape index (κ2) is 7.88. The molecule has 1 aliphatic heterocycles. The smallest absolute Gasteiger partial charge is 0.335 e. The van der Waals surface area contributed by atoms with Gasteiger partial charge in [-0.2, -0.15) is 0 Å². The second-order valence-corrected chi connectivity index (χ2v) is 8.03. The largest absolute Gasteiger partial charge is 0.508 e. The zero-order valence-electron chi connectivity index (χ0n) is 16.7. The summed E-state index contributed by atoms with van der Waals surface area (Å²) in [4.78, 5) is 38.8. The third-order valence-electron chi connectivity index (χ3n) is 5.06. The molecule has 0 bridgehead atoms. The SMILES string of the molecule is Cc1cc(/C=C2\C(=O)NC(=O)N(c3ccc(Br)cc3)C2=O)c(C)n1-c1ccc(O)cc1. The Bertz CT molecular complexity index is 1240. The van der Waals surface area contributed by atoms with Crippen LogP contribution in [0.1, 0.15) is 17.0 Å². The van der Waals surface area contributed by atoms with Crippen LogP contribution >= 0.6 is 15.9 Å². The first kappa shape index (κ1) is 20.6. The first-order valence-corrected chi connectivity index (χ1v) is 10.2. The van der Waals surface area contributed by atoms with Crippen molar-refractivity contribution in [1.29, 1.82) is 0 Å². The van der Waals surface area contributed by atoms with E-state index in [4.69, 9.17) is 0 Å². The third kappa shape index (κ3) is 3.77. The van der Waals surface area contributed by atoms with Gasteiger partial charge in [-0.05, 0) is 80.1 Å². The Kier molecular flexibility index (Phi) is 5.24. The molecule has 1 fully saturated rings. The van der Waals surface area contributed by atoms with Crippen molar-refractivity contribution < 1.29 is 19.5 Å². The Hall–Kier alpha value is -3.65. The van der Waals surface area contributed by atoms with Crippen molar-refractivity contribution in [3.8, 4) is 11.4 Å². The van der Waals surface area contributed by atoms with E-state index >= 15 is 0 Å². The molecule has 1 aromatic heterocycles. The van der Waals surface area contributed by atoms with E-state index in [0.717, 1.165) is 26.4 Å². The standard InChI is InChI=1S/C23H18BrN3O4/c1-13-11-15(14(2)26(13)17-7-9-19(28)10-8-17)12-20-21(29)25-23(31)27(22(20)30)18-5-3-16(24)4-6-18/h3-12,28H,1-2H3,(H,25,29,31)/b20-12+. The second-order valence-electron chi connectivity index (χ2n) is 7.11. The molecule has 2 heterocycles. The first-order chi connectivity index (χ1) is 14.8. The molecule has 3 aromatic rings. The average molecular weight is 480 g/mol. The number of carbonyl (C=O) groups excluding carboxylic acids is 3. The molecule has 4 rings (SSSR count). The van der Waals surface area contributed by atoms with Crippen LogP contribution in [0.3, 0.4) is 0 Å². The molecule has 0 spiro atoms. The van der Waals surface area contributed by atoms with Gasteiger partial charge in [0.05, 0.1) is 5.69 Å². The minimum Gasteiger partial charge on any atom is -0.508 e. The number of anilines is 1. The number of carbonyl (C=O) groups is 3. The molecule has 156 valence electrons. The summed E-state index contributed by atoms with van der Waals surface area (Å²) in [6.45, 7) is 3.78. The quantitative estimate of drug-likeness (QED) is 0.434. The number of halogens is 1. The fourth-order valence-corrected chi connectivity index (χ4v) is 3.83. The lowest BCUT2D eigenvalue weighted by Gasteiger charge is -2.26. The van der Waals surface area contributed by atoms with Gasteiger partial charge in [0.15, 0.2) is 0 Å². The molecule has 1 saturated heterocycles. The van der Waals surface area contributed by atoms with E-state index in [2.05, 4.69) is 21.2 Å². The number of rotatable bonds is 3. The van der Waals surface area contributed by atoms with E-state index in [1.807, 2.05) is 24.5 Å². The number of hydrogen-bond acceptors (Lipinski definition) is 4. The Balaban J connectivity index is 1.75. The van der Waals surface area contributed by atoms with Crippen LogP contribution in [-0.2, 0) is 9.59 Å². The number of amides is 4. The van der Waals surface area contributed by atoms with Crippen molar-refractivity contribution in [2.24, 2.45) is 0 Å². The molecule has 0 saturated carbocycles. The monoisotopic (exact) mass is 479 g/mol. The van der Waals surface area contributed by atoms with Crippen LogP contribution in [0.25, 0.3) is 11.8 Å². The topological polar surface area (TPSA) is 91.6 Å². The maximum atomic E-state index is 13.1. The molecule has 2 N–H and O–H groups in total. The van der Waals surface area contributed by atoms with Gasteiger partial charge in [-0.1, -0.05) is 15.9 Å². The fraction of sp³-hybridized carbons (Fsp3) is 0.0870. The van der Waals surface area contributed by atoms with Crippen LogP contribution in [0.15, 0.2) is 64.6 Å². The highest BCUT2D eigenvalue weighted by atomic mass is 79.9. The lowest BCUT2D eigenvalue weighted by Crippen LogP contribution is -2.54. The third-order valence-corrected chi connectivity index (χ3v) is 5.59.